The van der Waals surface area contributed by atoms with Crippen LogP contribution in [0.2, 0.25) is 0 Å². The maximum Gasteiger partial charge on any atom is 0.283 e. The molecule has 3 aromatic heterocycles. The van der Waals surface area contributed by atoms with E-state index in [0.717, 1.165) is 25.1 Å². The van der Waals surface area contributed by atoms with Crippen LogP contribution in [0.5, 0.6) is 0 Å². The second-order valence-electron chi connectivity index (χ2n) is 6.67. The Bertz CT molecular complexity index is 873. The summed E-state index contributed by atoms with van der Waals surface area (Å²) in [5.74, 6) is 1.71. The fourth-order valence-electron chi connectivity index (χ4n) is 3.38. The lowest BCUT2D eigenvalue weighted by Gasteiger charge is -2.25. The highest BCUT2D eigenvalue weighted by atomic mass is 16.4. The van der Waals surface area contributed by atoms with Crippen molar-refractivity contribution in [2.24, 2.45) is 0 Å². The van der Waals surface area contributed by atoms with E-state index in [2.05, 4.69) is 24.6 Å². The van der Waals surface area contributed by atoms with Crippen LogP contribution >= 0.6 is 0 Å². The van der Waals surface area contributed by atoms with Gasteiger partial charge in [0.25, 0.3) is 5.89 Å². The predicted molar refractivity (Wildman–Crippen MR) is 85.1 cm³/mol. The molecule has 5 rings (SSSR count). The molecule has 1 saturated carbocycles. The van der Waals surface area contributed by atoms with Crippen LogP contribution in [0.25, 0.3) is 11.7 Å². The second kappa shape index (κ2) is 5.31. The van der Waals surface area contributed by atoms with Crippen molar-refractivity contribution in [1.82, 2.24) is 24.6 Å². The summed E-state index contributed by atoms with van der Waals surface area (Å²) in [6.07, 6.45) is 7.27. The highest BCUT2D eigenvalue weighted by Crippen LogP contribution is 2.37. The minimum absolute atomic E-state index is 0.447. The molecule has 0 bridgehead atoms. The summed E-state index contributed by atoms with van der Waals surface area (Å²) in [6.45, 7) is 4.43. The topological polar surface area (TPSA) is 73.1 Å². The van der Waals surface area contributed by atoms with Gasteiger partial charge in [-0.15, -0.1) is 10.2 Å². The summed E-state index contributed by atoms with van der Waals surface area (Å²) in [5, 5.41) is 8.27. The van der Waals surface area contributed by atoms with Crippen molar-refractivity contribution in [3.05, 3.63) is 41.5 Å². The van der Waals surface area contributed by atoms with Gasteiger partial charge in [0.15, 0.2) is 5.76 Å². The Hall–Kier alpha value is -2.41. The largest absolute Gasteiger partial charge is 0.459 e. The van der Waals surface area contributed by atoms with Gasteiger partial charge < -0.3 is 13.4 Å². The SMILES string of the molecule is Cc1ccoc1-c1nnc(CN2CCc3c(ncn3C3CC3)C2)o1. The zero-order valence-corrected chi connectivity index (χ0v) is 13.6. The molecule has 0 radical (unpaired) electrons. The smallest absolute Gasteiger partial charge is 0.283 e. The molecule has 1 aliphatic heterocycles. The van der Waals surface area contributed by atoms with Crippen molar-refractivity contribution in [2.45, 2.75) is 45.3 Å². The highest BCUT2D eigenvalue weighted by Gasteiger charge is 2.30. The standard InChI is InChI=1S/C17H19N5O2/c1-11-5-7-23-16(11)17-20-19-15(24-17)9-21-6-4-14-13(8-21)18-10-22(14)12-2-3-12/h5,7,10,12H,2-4,6,8-9H2,1H3. The number of furan rings is 1. The van der Waals surface area contributed by atoms with Crippen LogP contribution in [0.1, 0.15) is 41.7 Å². The number of aryl methyl sites for hydroxylation is 1. The van der Waals surface area contributed by atoms with E-state index in [1.165, 1.54) is 24.2 Å². The Kier molecular flexibility index (Phi) is 3.09. The molecule has 2 aliphatic rings. The molecule has 0 unspecified atom stereocenters. The maximum atomic E-state index is 5.77. The minimum atomic E-state index is 0.447. The summed E-state index contributed by atoms with van der Waals surface area (Å²) in [4.78, 5) is 6.91. The van der Waals surface area contributed by atoms with Crippen LogP contribution in [0.4, 0.5) is 0 Å². The van der Waals surface area contributed by atoms with E-state index in [1.807, 2.05) is 19.3 Å². The lowest BCUT2D eigenvalue weighted by atomic mass is 10.1. The van der Waals surface area contributed by atoms with Crippen molar-refractivity contribution >= 4 is 0 Å². The van der Waals surface area contributed by atoms with Gasteiger partial charge in [-0.05, 0) is 25.8 Å². The summed E-state index contributed by atoms with van der Waals surface area (Å²) in [6, 6.07) is 2.59. The third kappa shape index (κ3) is 2.36. The Labute approximate surface area is 139 Å². The molecule has 0 amide bonds. The first-order valence-electron chi connectivity index (χ1n) is 8.41. The van der Waals surface area contributed by atoms with E-state index in [9.17, 15) is 0 Å². The van der Waals surface area contributed by atoms with Crippen LogP contribution in [0.3, 0.4) is 0 Å². The molecule has 124 valence electrons. The number of fused-ring (bicyclic) bond motifs is 1. The van der Waals surface area contributed by atoms with E-state index in [-0.39, 0.29) is 0 Å². The molecule has 7 nitrogen and oxygen atoms in total. The maximum absolute atomic E-state index is 5.77. The zero-order valence-electron chi connectivity index (χ0n) is 13.6. The normalized spacial score (nSPS) is 18.0. The predicted octanol–water partition coefficient (Wildman–Crippen LogP) is 2.73. The molecule has 4 heterocycles. The molecule has 3 aromatic rings. The van der Waals surface area contributed by atoms with E-state index >= 15 is 0 Å². The average molecular weight is 325 g/mol. The van der Waals surface area contributed by atoms with Gasteiger partial charge in [0, 0.05) is 36.8 Å². The molecule has 0 spiro atoms. The van der Waals surface area contributed by atoms with Crippen molar-refractivity contribution in [3.63, 3.8) is 0 Å². The van der Waals surface area contributed by atoms with Gasteiger partial charge in [0.1, 0.15) is 0 Å². The third-order valence-corrected chi connectivity index (χ3v) is 4.84. The molecular weight excluding hydrogens is 306 g/mol. The van der Waals surface area contributed by atoms with Crippen molar-refractivity contribution < 1.29 is 8.83 Å². The zero-order chi connectivity index (χ0) is 16.1. The van der Waals surface area contributed by atoms with Gasteiger partial charge in [-0.2, -0.15) is 0 Å². The minimum Gasteiger partial charge on any atom is -0.459 e. The van der Waals surface area contributed by atoms with Crippen molar-refractivity contribution in [1.29, 1.82) is 0 Å². The number of rotatable bonds is 4. The summed E-state index contributed by atoms with van der Waals surface area (Å²) < 4.78 is 13.6. The molecule has 1 fully saturated rings. The first-order chi connectivity index (χ1) is 11.8. The fourth-order valence-corrected chi connectivity index (χ4v) is 3.38. The Morgan fingerprint density at radius 2 is 2.21 bits per heavy atom. The van der Waals surface area contributed by atoms with Crippen molar-refractivity contribution in [3.8, 4) is 11.7 Å². The van der Waals surface area contributed by atoms with Gasteiger partial charge in [0.05, 0.1) is 24.8 Å². The van der Waals surface area contributed by atoms with E-state index in [0.29, 0.717) is 30.1 Å². The van der Waals surface area contributed by atoms with Gasteiger partial charge in [-0.3, -0.25) is 4.90 Å². The fraction of sp³-hybridized carbons (Fsp3) is 0.471. The van der Waals surface area contributed by atoms with E-state index in [4.69, 9.17) is 8.83 Å². The van der Waals surface area contributed by atoms with Gasteiger partial charge in [0.2, 0.25) is 5.89 Å². The van der Waals surface area contributed by atoms with Gasteiger partial charge in [-0.1, -0.05) is 0 Å². The molecule has 7 heteroatoms. The van der Waals surface area contributed by atoms with Gasteiger partial charge >= 0.3 is 0 Å². The highest BCUT2D eigenvalue weighted by molar-refractivity contribution is 5.49. The van der Waals surface area contributed by atoms with Crippen LogP contribution < -0.4 is 0 Å². The molecule has 0 atom stereocenters. The van der Waals surface area contributed by atoms with Gasteiger partial charge in [-0.25, -0.2) is 4.98 Å². The first-order valence-corrected chi connectivity index (χ1v) is 8.41. The number of imidazole rings is 1. The summed E-state index contributed by atoms with van der Waals surface area (Å²) >= 11 is 0. The Morgan fingerprint density at radius 3 is 3.00 bits per heavy atom. The molecule has 1 aliphatic carbocycles. The molecule has 0 saturated heterocycles. The number of aromatic nitrogens is 4. The van der Waals surface area contributed by atoms with Crippen LogP contribution in [-0.2, 0) is 19.5 Å². The summed E-state index contributed by atoms with van der Waals surface area (Å²) in [7, 11) is 0. The van der Waals surface area contributed by atoms with Crippen molar-refractivity contribution in [2.75, 3.05) is 6.54 Å². The van der Waals surface area contributed by atoms with Crippen LogP contribution in [-0.4, -0.2) is 31.2 Å². The van der Waals surface area contributed by atoms with E-state index in [1.54, 1.807) is 6.26 Å². The van der Waals surface area contributed by atoms with E-state index < -0.39 is 0 Å². The first kappa shape index (κ1) is 14.0. The Balaban J connectivity index is 1.30. The lowest BCUT2D eigenvalue weighted by molar-refractivity contribution is 0.216. The molecule has 0 N–H and O–H groups in total. The second-order valence-corrected chi connectivity index (χ2v) is 6.67. The van der Waals surface area contributed by atoms with Crippen LogP contribution in [0.15, 0.2) is 27.5 Å². The third-order valence-electron chi connectivity index (χ3n) is 4.84. The Morgan fingerprint density at radius 1 is 1.29 bits per heavy atom. The lowest BCUT2D eigenvalue weighted by Crippen LogP contribution is -2.31. The monoisotopic (exact) mass is 325 g/mol. The molecule has 24 heavy (non-hydrogen) atoms. The average Bonchev–Trinajstić information content (AvgIpc) is 2.98. The number of nitrogens with zero attached hydrogens (tertiary/aromatic N) is 5. The molecular formula is C17H19N5O2. The quantitative estimate of drug-likeness (QED) is 0.734. The van der Waals surface area contributed by atoms with Crippen LogP contribution in [0, 0.1) is 6.92 Å². The molecule has 0 aromatic carbocycles. The number of hydrogen-bond acceptors (Lipinski definition) is 6. The number of hydrogen-bond donors (Lipinski definition) is 0. The summed E-state index contributed by atoms with van der Waals surface area (Å²) in [5.41, 5.74) is 3.60.